The quantitative estimate of drug-likeness (QED) is 0.438. The SMILES string of the molecule is COC(=O)c1ccc(-c2[nH]nc3c2Cc2cc(CNC4CCC(O)CC4)ccc2-3)o1. The van der Waals surface area contributed by atoms with E-state index in [0.717, 1.165) is 61.2 Å². The summed E-state index contributed by atoms with van der Waals surface area (Å²) in [6.45, 7) is 0.825. The van der Waals surface area contributed by atoms with Crippen LogP contribution in [0.15, 0.2) is 34.7 Å². The Kier molecular flexibility index (Phi) is 4.92. The number of hydrogen-bond donors (Lipinski definition) is 3. The summed E-state index contributed by atoms with van der Waals surface area (Å²) in [7, 11) is 1.33. The lowest BCUT2D eigenvalue weighted by atomic mass is 9.93. The number of aromatic amines is 1. The number of hydrogen-bond acceptors (Lipinski definition) is 6. The van der Waals surface area contributed by atoms with Crippen molar-refractivity contribution >= 4 is 5.97 Å². The normalized spacial score (nSPS) is 20.1. The van der Waals surface area contributed by atoms with Crippen molar-refractivity contribution in [2.45, 2.75) is 50.8 Å². The van der Waals surface area contributed by atoms with Gasteiger partial charge in [-0.15, -0.1) is 0 Å². The zero-order valence-corrected chi connectivity index (χ0v) is 16.9. The molecule has 7 heteroatoms. The Morgan fingerprint density at radius 1 is 1.27 bits per heavy atom. The molecule has 5 rings (SSSR count). The minimum atomic E-state index is -0.495. The Morgan fingerprint density at radius 3 is 2.90 bits per heavy atom. The minimum Gasteiger partial charge on any atom is -0.463 e. The van der Waals surface area contributed by atoms with Crippen LogP contribution in [0, 0.1) is 0 Å². The van der Waals surface area contributed by atoms with Crippen LogP contribution in [0.5, 0.6) is 0 Å². The van der Waals surface area contributed by atoms with Crippen LogP contribution in [0.4, 0.5) is 0 Å². The summed E-state index contributed by atoms with van der Waals surface area (Å²) in [6.07, 6.45) is 4.47. The highest BCUT2D eigenvalue weighted by molar-refractivity contribution is 5.87. The zero-order chi connectivity index (χ0) is 20.7. The van der Waals surface area contributed by atoms with E-state index in [-0.39, 0.29) is 11.9 Å². The van der Waals surface area contributed by atoms with Gasteiger partial charge in [-0.3, -0.25) is 5.10 Å². The van der Waals surface area contributed by atoms with E-state index in [1.54, 1.807) is 12.1 Å². The van der Waals surface area contributed by atoms with E-state index in [1.807, 2.05) is 0 Å². The molecule has 7 nitrogen and oxygen atoms in total. The third-order valence-corrected chi connectivity index (χ3v) is 6.19. The number of rotatable bonds is 5. The number of nitrogens with zero attached hydrogens (tertiary/aromatic N) is 1. The smallest absolute Gasteiger partial charge is 0.373 e. The Morgan fingerprint density at radius 2 is 2.10 bits per heavy atom. The average Bonchev–Trinajstić information content (AvgIpc) is 3.47. The Balaban J connectivity index is 1.31. The summed E-state index contributed by atoms with van der Waals surface area (Å²) in [5, 5.41) is 20.9. The second-order valence-corrected chi connectivity index (χ2v) is 8.14. The number of fused-ring (bicyclic) bond motifs is 3. The van der Waals surface area contributed by atoms with Gasteiger partial charge in [0.2, 0.25) is 5.76 Å². The molecule has 1 fully saturated rings. The van der Waals surface area contributed by atoms with Gasteiger partial charge in [0.15, 0.2) is 5.76 Å². The van der Waals surface area contributed by atoms with Crippen LogP contribution in [0.3, 0.4) is 0 Å². The van der Waals surface area contributed by atoms with E-state index in [2.05, 4.69) is 33.7 Å². The average molecular weight is 407 g/mol. The van der Waals surface area contributed by atoms with Crippen LogP contribution in [0.2, 0.25) is 0 Å². The van der Waals surface area contributed by atoms with Crippen molar-refractivity contribution in [1.82, 2.24) is 15.5 Å². The van der Waals surface area contributed by atoms with Gasteiger partial charge < -0.3 is 19.6 Å². The maximum atomic E-state index is 11.7. The molecule has 3 aromatic rings. The number of carbonyl (C=O) groups excluding carboxylic acids is 1. The molecule has 0 unspecified atom stereocenters. The molecule has 2 aliphatic carbocycles. The molecule has 0 radical (unpaired) electrons. The molecule has 0 atom stereocenters. The van der Waals surface area contributed by atoms with E-state index in [4.69, 9.17) is 9.15 Å². The predicted octanol–water partition coefficient (Wildman–Crippen LogP) is 3.42. The second-order valence-electron chi connectivity index (χ2n) is 8.14. The fraction of sp³-hybridized carbons (Fsp3) is 0.391. The Hall–Kier alpha value is -2.90. The molecular weight excluding hydrogens is 382 g/mol. The van der Waals surface area contributed by atoms with Gasteiger partial charge in [0.05, 0.1) is 18.9 Å². The number of aliphatic hydroxyl groups excluding tert-OH is 1. The predicted molar refractivity (Wildman–Crippen MR) is 111 cm³/mol. The fourth-order valence-corrected chi connectivity index (χ4v) is 4.51. The van der Waals surface area contributed by atoms with Crippen molar-refractivity contribution < 1.29 is 19.1 Å². The number of aliphatic hydroxyl groups is 1. The van der Waals surface area contributed by atoms with Crippen LogP contribution in [0.1, 0.15) is 52.9 Å². The molecule has 0 spiro atoms. The molecule has 3 N–H and O–H groups in total. The standard InChI is InChI=1S/C23H25N3O4/c1-29-23(28)20-9-8-19(30-20)22-18-11-14-10-13(2-7-17(14)21(18)25-26-22)12-24-15-3-5-16(27)6-4-15/h2,7-10,15-16,24,27H,3-6,11-12H2,1H3,(H,25,26). The van der Waals surface area contributed by atoms with Gasteiger partial charge in [-0.1, -0.05) is 18.2 Å². The number of benzene rings is 1. The molecule has 2 aromatic heterocycles. The van der Waals surface area contributed by atoms with Crippen LogP contribution in [-0.4, -0.2) is 40.5 Å². The number of esters is 1. The Labute approximate surface area is 174 Å². The maximum Gasteiger partial charge on any atom is 0.373 e. The van der Waals surface area contributed by atoms with Gasteiger partial charge in [-0.2, -0.15) is 5.10 Å². The molecule has 0 aliphatic heterocycles. The molecule has 1 aromatic carbocycles. The zero-order valence-electron chi connectivity index (χ0n) is 16.9. The molecule has 2 aliphatic rings. The maximum absolute atomic E-state index is 11.7. The molecule has 0 amide bonds. The third kappa shape index (κ3) is 3.44. The lowest BCUT2D eigenvalue weighted by Crippen LogP contribution is -2.34. The first-order valence-corrected chi connectivity index (χ1v) is 10.4. The highest BCUT2D eigenvalue weighted by Gasteiger charge is 2.27. The number of H-pyrrole nitrogens is 1. The van der Waals surface area contributed by atoms with Crippen LogP contribution in [0.25, 0.3) is 22.7 Å². The summed E-state index contributed by atoms with van der Waals surface area (Å²) in [6, 6.07) is 10.4. The molecule has 156 valence electrons. The molecule has 2 heterocycles. The second kappa shape index (κ2) is 7.74. The number of methoxy groups -OCH3 is 1. The van der Waals surface area contributed by atoms with Crippen LogP contribution in [-0.2, 0) is 17.7 Å². The molecule has 1 saturated carbocycles. The largest absolute Gasteiger partial charge is 0.463 e. The first-order valence-electron chi connectivity index (χ1n) is 10.4. The van der Waals surface area contributed by atoms with Crippen molar-refractivity contribution in [3.8, 4) is 22.7 Å². The Bertz CT molecular complexity index is 1080. The van der Waals surface area contributed by atoms with Crippen molar-refractivity contribution in [1.29, 1.82) is 0 Å². The van der Waals surface area contributed by atoms with E-state index in [1.165, 1.54) is 18.2 Å². The van der Waals surface area contributed by atoms with Gasteiger partial charge >= 0.3 is 5.97 Å². The monoisotopic (exact) mass is 407 g/mol. The van der Waals surface area contributed by atoms with Gasteiger partial charge in [0.1, 0.15) is 5.69 Å². The van der Waals surface area contributed by atoms with Crippen molar-refractivity contribution in [3.63, 3.8) is 0 Å². The summed E-state index contributed by atoms with van der Waals surface area (Å²) in [5.74, 6) is 0.263. The first kappa shape index (κ1) is 19.1. The molecule has 0 saturated heterocycles. The number of aromatic nitrogens is 2. The minimum absolute atomic E-state index is 0.128. The molecule has 30 heavy (non-hydrogen) atoms. The van der Waals surface area contributed by atoms with Gasteiger partial charge in [-0.25, -0.2) is 4.79 Å². The highest BCUT2D eigenvalue weighted by atomic mass is 16.5. The van der Waals surface area contributed by atoms with Gasteiger partial charge in [0, 0.05) is 30.1 Å². The van der Waals surface area contributed by atoms with Gasteiger partial charge in [0.25, 0.3) is 0 Å². The topological polar surface area (TPSA) is 100 Å². The third-order valence-electron chi connectivity index (χ3n) is 6.19. The number of nitrogens with one attached hydrogen (secondary N) is 2. The van der Waals surface area contributed by atoms with Crippen molar-refractivity contribution in [3.05, 3.63) is 52.8 Å². The summed E-state index contributed by atoms with van der Waals surface area (Å²) in [5.41, 5.74) is 6.47. The van der Waals surface area contributed by atoms with E-state index in [0.29, 0.717) is 11.8 Å². The van der Waals surface area contributed by atoms with Crippen LogP contribution < -0.4 is 5.32 Å². The van der Waals surface area contributed by atoms with Crippen molar-refractivity contribution in [2.75, 3.05) is 7.11 Å². The summed E-state index contributed by atoms with van der Waals surface area (Å²) < 4.78 is 10.4. The highest BCUT2D eigenvalue weighted by Crippen LogP contribution is 2.40. The fourth-order valence-electron chi connectivity index (χ4n) is 4.51. The lowest BCUT2D eigenvalue weighted by Gasteiger charge is -2.26. The number of ether oxygens (including phenoxy) is 1. The summed E-state index contributed by atoms with van der Waals surface area (Å²) in [4.78, 5) is 11.7. The lowest BCUT2D eigenvalue weighted by molar-refractivity contribution is 0.0566. The number of carbonyl (C=O) groups is 1. The number of furan rings is 1. The van der Waals surface area contributed by atoms with E-state index < -0.39 is 5.97 Å². The van der Waals surface area contributed by atoms with Crippen LogP contribution >= 0.6 is 0 Å². The van der Waals surface area contributed by atoms with Gasteiger partial charge in [-0.05, 0) is 48.9 Å². The van der Waals surface area contributed by atoms with Crippen molar-refractivity contribution in [2.24, 2.45) is 0 Å². The summed E-state index contributed by atoms with van der Waals surface area (Å²) >= 11 is 0. The molecular formula is C23H25N3O4. The van der Waals surface area contributed by atoms with E-state index >= 15 is 0 Å². The van der Waals surface area contributed by atoms with E-state index in [9.17, 15) is 9.90 Å². The first-order chi connectivity index (χ1) is 14.6. The molecule has 0 bridgehead atoms.